The third-order valence-electron chi connectivity index (χ3n) is 3.89. The van der Waals surface area contributed by atoms with Gasteiger partial charge in [-0.05, 0) is 25.0 Å². The van der Waals surface area contributed by atoms with Gasteiger partial charge in [-0.1, -0.05) is 85.0 Å². The van der Waals surface area contributed by atoms with Gasteiger partial charge in [0, 0.05) is 26.1 Å². The molecule has 3 heteroatoms. The van der Waals surface area contributed by atoms with E-state index >= 15 is 0 Å². The molecule has 0 aliphatic carbocycles. The van der Waals surface area contributed by atoms with Crippen LogP contribution in [0.1, 0.15) is 37.8 Å². The molecule has 0 aliphatic heterocycles. The minimum absolute atomic E-state index is 0.323. The molecular formula is C24H30O3. The van der Waals surface area contributed by atoms with E-state index in [1.807, 2.05) is 50.2 Å². The lowest BCUT2D eigenvalue weighted by atomic mass is 10.2. The lowest BCUT2D eigenvalue weighted by Crippen LogP contribution is -2.26. The molecule has 0 heterocycles. The van der Waals surface area contributed by atoms with Gasteiger partial charge >= 0.3 is 0 Å². The molecule has 144 valence electrons. The number of hydrogen-bond acceptors (Lipinski definition) is 3. The maximum Gasteiger partial charge on any atom is 0.164 e. The van der Waals surface area contributed by atoms with E-state index in [2.05, 4.69) is 48.6 Å². The maximum atomic E-state index is 6.06. The summed E-state index contributed by atoms with van der Waals surface area (Å²) in [5, 5.41) is 0. The Kier molecular flexibility index (Phi) is 10.2. The van der Waals surface area contributed by atoms with Gasteiger partial charge in [0.1, 0.15) is 0 Å². The fraction of sp³-hybridized carbons (Fsp3) is 0.333. The van der Waals surface area contributed by atoms with Crippen LogP contribution >= 0.6 is 0 Å². The van der Waals surface area contributed by atoms with E-state index in [-0.39, 0.29) is 12.6 Å². The topological polar surface area (TPSA) is 27.7 Å². The number of ether oxygens (including phenoxy) is 3. The highest BCUT2D eigenvalue weighted by Crippen LogP contribution is 2.13. The monoisotopic (exact) mass is 366 g/mol. The van der Waals surface area contributed by atoms with Gasteiger partial charge in [-0.2, -0.15) is 0 Å². The van der Waals surface area contributed by atoms with Gasteiger partial charge in [-0.25, -0.2) is 0 Å². The second-order valence-corrected chi connectivity index (χ2v) is 6.00. The smallest absolute Gasteiger partial charge is 0.164 e. The highest BCUT2D eigenvalue weighted by Gasteiger charge is 2.15. The summed E-state index contributed by atoms with van der Waals surface area (Å²) in [7, 11) is 0. The first kappa shape index (κ1) is 21.1. The van der Waals surface area contributed by atoms with E-state index < -0.39 is 0 Å². The van der Waals surface area contributed by atoms with Crippen LogP contribution in [-0.4, -0.2) is 25.8 Å². The third-order valence-corrected chi connectivity index (χ3v) is 3.89. The molecule has 0 saturated heterocycles. The summed E-state index contributed by atoms with van der Waals surface area (Å²) in [6, 6.07) is 20.4. The average Bonchev–Trinajstić information content (AvgIpc) is 2.70. The van der Waals surface area contributed by atoms with Crippen molar-refractivity contribution < 1.29 is 14.2 Å². The zero-order valence-electron chi connectivity index (χ0n) is 16.3. The summed E-state index contributed by atoms with van der Waals surface area (Å²) >= 11 is 0. The van der Waals surface area contributed by atoms with Gasteiger partial charge in [0.15, 0.2) is 12.6 Å². The van der Waals surface area contributed by atoms with Crippen molar-refractivity contribution in [1.29, 1.82) is 0 Å². The van der Waals surface area contributed by atoms with Crippen LogP contribution in [0.4, 0.5) is 0 Å². The average molecular weight is 367 g/mol. The summed E-state index contributed by atoms with van der Waals surface area (Å²) in [6.07, 6.45) is 9.04. The molecule has 0 bridgehead atoms. The molecule has 0 radical (unpaired) electrons. The van der Waals surface area contributed by atoms with Gasteiger partial charge in [-0.15, -0.1) is 0 Å². The molecule has 0 saturated carbocycles. The highest BCUT2D eigenvalue weighted by atomic mass is 16.8. The Morgan fingerprint density at radius 3 is 1.44 bits per heavy atom. The van der Waals surface area contributed by atoms with Crippen molar-refractivity contribution in [3.63, 3.8) is 0 Å². The molecule has 0 amide bonds. The van der Waals surface area contributed by atoms with E-state index in [9.17, 15) is 0 Å². The van der Waals surface area contributed by atoms with E-state index in [1.54, 1.807) is 0 Å². The van der Waals surface area contributed by atoms with Gasteiger partial charge in [0.05, 0.1) is 0 Å². The van der Waals surface area contributed by atoms with E-state index in [0.717, 1.165) is 0 Å². The molecule has 27 heavy (non-hydrogen) atoms. The number of benzene rings is 2. The van der Waals surface area contributed by atoms with Crippen molar-refractivity contribution >= 4 is 12.2 Å². The van der Waals surface area contributed by atoms with E-state index in [0.29, 0.717) is 26.1 Å². The van der Waals surface area contributed by atoms with Gasteiger partial charge in [-0.3, -0.25) is 0 Å². The highest BCUT2D eigenvalue weighted by molar-refractivity contribution is 5.49. The first-order valence-electron chi connectivity index (χ1n) is 9.63. The molecule has 2 aromatic carbocycles. The summed E-state index contributed by atoms with van der Waals surface area (Å²) in [5.41, 5.74) is 2.33. The quantitative estimate of drug-likeness (QED) is 0.435. The SMILES string of the molecule is CCOC(CC=Cc1ccccc1)OC(CC=Cc1ccccc1)OCC. The third kappa shape index (κ3) is 8.83. The van der Waals surface area contributed by atoms with Crippen LogP contribution in [-0.2, 0) is 14.2 Å². The van der Waals surface area contributed by atoms with Crippen LogP contribution < -0.4 is 0 Å². The van der Waals surface area contributed by atoms with Crippen LogP contribution in [0.2, 0.25) is 0 Å². The Hall–Kier alpha value is -2.20. The Bertz CT molecular complexity index is 605. The summed E-state index contributed by atoms with van der Waals surface area (Å²) in [6.45, 7) is 5.15. The molecule has 0 fully saturated rings. The zero-order chi connectivity index (χ0) is 19.2. The van der Waals surface area contributed by atoms with Gasteiger partial charge < -0.3 is 14.2 Å². The van der Waals surface area contributed by atoms with Crippen LogP contribution in [0.15, 0.2) is 72.8 Å². The predicted molar refractivity (Wildman–Crippen MR) is 112 cm³/mol. The fourth-order valence-electron chi connectivity index (χ4n) is 2.63. The van der Waals surface area contributed by atoms with Crippen molar-refractivity contribution in [3.05, 3.63) is 83.9 Å². The fourth-order valence-corrected chi connectivity index (χ4v) is 2.63. The molecular weight excluding hydrogens is 336 g/mol. The van der Waals surface area contributed by atoms with Crippen molar-refractivity contribution in [1.82, 2.24) is 0 Å². The first-order chi connectivity index (χ1) is 13.3. The predicted octanol–water partition coefficient (Wildman–Crippen LogP) is 5.94. The standard InChI is InChI=1S/C24H30O3/c1-3-25-23(19-11-17-21-13-7-5-8-14-21)27-24(26-4-2)20-12-18-22-15-9-6-10-16-22/h5-18,23-24H,3-4,19-20H2,1-2H3. The Morgan fingerprint density at radius 2 is 1.07 bits per heavy atom. The van der Waals surface area contributed by atoms with Crippen molar-refractivity contribution in [2.24, 2.45) is 0 Å². The minimum Gasteiger partial charge on any atom is -0.352 e. The van der Waals surface area contributed by atoms with Crippen LogP contribution in [0.5, 0.6) is 0 Å². The van der Waals surface area contributed by atoms with Gasteiger partial charge in [0.2, 0.25) is 0 Å². The number of hydrogen-bond donors (Lipinski definition) is 0. The molecule has 0 aliphatic rings. The second kappa shape index (κ2) is 13.0. The summed E-state index contributed by atoms with van der Waals surface area (Å²) in [4.78, 5) is 0. The normalized spacial score (nSPS) is 14.0. The molecule has 2 unspecified atom stereocenters. The summed E-state index contributed by atoms with van der Waals surface area (Å²) in [5.74, 6) is 0. The molecule has 0 aromatic heterocycles. The molecule has 2 aromatic rings. The molecule has 0 spiro atoms. The Balaban J connectivity index is 1.89. The minimum atomic E-state index is -0.323. The number of rotatable bonds is 12. The van der Waals surface area contributed by atoms with Crippen LogP contribution in [0, 0.1) is 0 Å². The van der Waals surface area contributed by atoms with Gasteiger partial charge in [0.25, 0.3) is 0 Å². The van der Waals surface area contributed by atoms with Crippen molar-refractivity contribution in [2.45, 2.75) is 39.3 Å². The van der Waals surface area contributed by atoms with Crippen molar-refractivity contribution in [3.8, 4) is 0 Å². The molecule has 2 rings (SSSR count). The van der Waals surface area contributed by atoms with E-state index in [1.165, 1.54) is 11.1 Å². The maximum absolute atomic E-state index is 6.06. The lowest BCUT2D eigenvalue weighted by molar-refractivity contribution is -0.239. The zero-order valence-corrected chi connectivity index (χ0v) is 16.3. The Labute approximate surface area is 163 Å². The lowest BCUT2D eigenvalue weighted by Gasteiger charge is -2.23. The summed E-state index contributed by atoms with van der Waals surface area (Å²) < 4.78 is 17.5. The van der Waals surface area contributed by atoms with Crippen LogP contribution in [0.25, 0.3) is 12.2 Å². The molecule has 3 nitrogen and oxygen atoms in total. The van der Waals surface area contributed by atoms with E-state index in [4.69, 9.17) is 14.2 Å². The Morgan fingerprint density at radius 1 is 0.667 bits per heavy atom. The second-order valence-electron chi connectivity index (χ2n) is 6.00. The van der Waals surface area contributed by atoms with Crippen molar-refractivity contribution in [2.75, 3.05) is 13.2 Å². The first-order valence-corrected chi connectivity index (χ1v) is 9.63. The van der Waals surface area contributed by atoms with Crippen LogP contribution in [0.3, 0.4) is 0 Å². The molecule has 2 atom stereocenters. The largest absolute Gasteiger partial charge is 0.352 e. The molecule has 0 N–H and O–H groups in total.